The van der Waals surface area contributed by atoms with Crippen molar-refractivity contribution in [2.75, 3.05) is 14.2 Å². The molecule has 28 heavy (non-hydrogen) atoms. The molecule has 1 amide bonds. The van der Waals surface area contributed by atoms with Crippen LogP contribution >= 0.6 is 0 Å². The van der Waals surface area contributed by atoms with Gasteiger partial charge in [0.15, 0.2) is 29.2 Å². The van der Waals surface area contributed by atoms with Gasteiger partial charge in [0.1, 0.15) is 5.56 Å². The summed E-state index contributed by atoms with van der Waals surface area (Å²) in [6, 6.07) is 8.65. The number of halogens is 1. The van der Waals surface area contributed by atoms with Gasteiger partial charge in [0, 0.05) is 5.56 Å². The summed E-state index contributed by atoms with van der Waals surface area (Å²) < 4.78 is 29.0. The highest BCUT2D eigenvalue weighted by Gasteiger charge is 2.20. The lowest BCUT2D eigenvalue weighted by Gasteiger charge is -2.14. The number of methoxy groups -OCH3 is 2. The molecule has 2 rings (SSSR count). The van der Waals surface area contributed by atoms with Crippen LogP contribution in [0, 0.1) is 5.82 Å². The van der Waals surface area contributed by atoms with E-state index in [0.717, 1.165) is 6.21 Å². The normalized spacial score (nSPS) is 11.7. The van der Waals surface area contributed by atoms with Crippen molar-refractivity contribution in [3.05, 3.63) is 53.3 Å². The van der Waals surface area contributed by atoms with E-state index in [-0.39, 0.29) is 28.4 Å². The lowest BCUT2D eigenvalue weighted by Crippen LogP contribution is -2.33. The van der Waals surface area contributed by atoms with Crippen molar-refractivity contribution in [2.24, 2.45) is 5.10 Å². The molecule has 0 aliphatic carbocycles. The molecule has 2 aromatic carbocycles. The van der Waals surface area contributed by atoms with Crippen molar-refractivity contribution in [3.8, 4) is 17.2 Å². The van der Waals surface area contributed by atoms with Crippen LogP contribution < -0.4 is 19.6 Å². The van der Waals surface area contributed by atoms with Crippen molar-refractivity contribution in [1.82, 2.24) is 5.43 Å². The number of aromatic carboxylic acids is 1. The number of rotatable bonds is 8. The Bertz CT molecular complexity index is 900. The number of para-hydroxylation sites is 1. The third-order valence-corrected chi connectivity index (χ3v) is 3.68. The number of carboxylic acids is 1. The van der Waals surface area contributed by atoms with Crippen LogP contribution in [0.3, 0.4) is 0 Å². The monoisotopic (exact) mass is 390 g/mol. The van der Waals surface area contributed by atoms with Crippen molar-refractivity contribution in [1.29, 1.82) is 0 Å². The maximum atomic E-state index is 13.6. The maximum absolute atomic E-state index is 13.6. The van der Waals surface area contributed by atoms with Crippen LogP contribution in [0.25, 0.3) is 0 Å². The van der Waals surface area contributed by atoms with Gasteiger partial charge >= 0.3 is 5.97 Å². The largest absolute Gasteiger partial charge is 0.493 e. The fourth-order valence-corrected chi connectivity index (χ4v) is 2.31. The molecule has 9 heteroatoms. The summed E-state index contributed by atoms with van der Waals surface area (Å²) in [5, 5.41) is 13.2. The Balaban J connectivity index is 2.12. The summed E-state index contributed by atoms with van der Waals surface area (Å²) in [5.74, 6) is -2.28. The quantitative estimate of drug-likeness (QED) is 0.530. The number of carbonyl (C=O) groups excluding carboxylic acids is 1. The fourth-order valence-electron chi connectivity index (χ4n) is 2.31. The molecule has 0 unspecified atom stereocenters. The van der Waals surface area contributed by atoms with Gasteiger partial charge in [-0.2, -0.15) is 5.10 Å². The maximum Gasteiger partial charge on any atom is 0.340 e. The van der Waals surface area contributed by atoms with Crippen LogP contribution in [0.1, 0.15) is 22.8 Å². The Morgan fingerprint density at radius 1 is 1.14 bits per heavy atom. The first-order valence-corrected chi connectivity index (χ1v) is 8.11. The Kier molecular flexibility index (Phi) is 6.91. The standard InChI is InChI=1S/C19H19FN2O6/c1-11(28-14-7-5-4-6-13(14)20)18(23)22-21-10-12-8-9-15(26-2)17(27-3)16(12)19(24)25/h4-11H,1-3H3,(H,22,23)(H,24,25)/b21-10-/t11-/m0/s1. The van der Waals surface area contributed by atoms with Gasteiger partial charge in [0.05, 0.1) is 20.4 Å². The van der Waals surface area contributed by atoms with Crippen LogP contribution in [-0.2, 0) is 4.79 Å². The zero-order valence-corrected chi connectivity index (χ0v) is 15.4. The molecule has 0 fully saturated rings. The Hall–Kier alpha value is -3.62. The smallest absolute Gasteiger partial charge is 0.340 e. The molecule has 0 bridgehead atoms. The van der Waals surface area contributed by atoms with E-state index in [1.807, 2.05) is 0 Å². The molecule has 148 valence electrons. The number of benzene rings is 2. The molecule has 2 aromatic rings. The molecule has 0 aliphatic rings. The lowest BCUT2D eigenvalue weighted by molar-refractivity contribution is -0.127. The van der Waals surface area contributed by atoms with Gasteiger partial charge < -0.3 is 19.3 Å². The number of hydrogen-bond donors (Lipinski definition) is 2. The Labute approximate surface area is 160 Å². The van der Waals surface area contributed by atoms with E-state index in [2.05, 4.69) is 10.5 Å². The van der Waals surface area contributed by atoms with Crippen LogP contribution in [-0.4, -0.2) is 43.5 Å². The first kappa shape index (κ1) is 20.7. The predicted octanol–water partition coefficient (Wildman–Crippen LogP) is 2.46. The van der Waals surface area contributed by atoms with Gasteiger partial charge in [0.2, 0.25) is 0 Å². The molecular weight excluding hydrogens is 371 g/mol. The van der Waals surface area contributed by atoms with Crippen molar-refractivity contribution in [2.45, 2.75) is 13.0 Å². The second kappa shape index (κ2) is 9.36. The summed E-state index contributed by atoms with van der Waals surface area (Å²) in [6.07, 6.45) is 0.123. The van der Waals surface area contributed by atoms with Gasteiger partial charge in [-0.3, -0.25) is 4.79 Å². The van der Waals surface area contributed by atoms with Gasteiger partial charge in [0.25, 0.3) is 5.91 Å². The summed E-state index contributed by atoms with van der Waals surface area (Å²) in [7, 11) is 2.70. The van der Waals surface area contributed by atoms with Crippen molar-refractivity contribution < 1.29 is 33.3 Å². The topological polar surface area (TPSA) is 106 Å². The molecular formula is C19H19FN2O6. The van der Waals surface area contributed by atoms with Crippen LogP contribution in [0.2, 0.25) is 0 Å². The molecule has 2 N–H and O–H groups in total. The number of hydrazone groups is 1. The van der Waals surface area contributed by atoms with E-state index in [4.69, 9.17) is 14.2 Å². The first-order valence-electron chi connectivity index (χ1n) is 8.11. The number of carboxylic acid groups (broad SMARTS) is 1. The van der Waals surface area contributed by atoms with E-state index in [1.165, 1.54) is 51.5 Å². The highest BCUT2D eigenvalue weighted by Crippen LogP contribution is 2.32. The number of amides is 1. The van der Waals surface area contributed by atoms with Gasteiger partial charge in [-0.05, 0) is 31.2 Å². The van der Waals surface area contributed by atoms with Crippen LogP contribution in [0.5, 0.6) is 17.2 Å². The minimum atomic E-state index is -1.25. The molecule has 8 nitrogen and oxygen atoms in total. The van der Waals surface area contributed by atoms with Gasteiger partial charge in [-0.15, -0.1) is 0 Å². The van der Waals surface area contributed by atoms with E-state index < -0.39 is 23.8 Å². The highest BCUT2D eigenvalue weighted by molar-refractivity contribution is 6.02. The average molecular weight is 390 g/mol. The molecule has 0 saturated heterocycles. The second-order valence-electron chi connectivity index (χ2n) is 5.50. The molecule has 0 spiro atoms. The van der Waals surface area contributed by atoms with Crippen LogP contribution in [0.4, 0.5) is 4.39 Å². The van der Waals surface area contributed by atoms with Crippen molar-refractivity contribution >= 4 is 18.1 Å². The zero-order chi connectivity index (χ0) is 20.7. The summed E-state index contributed by atoms with van der Waals surface area (Å²) >= 11 is 0. The predicted molar refractivity (Wildman–Crippen MR) is 98.7 cm³/mol. The molecule has 0 aromatic heterocycles. The summed E-state index contributed by atoms with van der Waals surface area (Å²) in [5.41, 5.74) is 2.24. The highest BCUT2D eigenvalue weighted by atomic mass is 19.1. The number of nitrogens with one attached hydrogen (secondary N) is 1. The number of nitrogens with zero attached hydrogens (tertiary/aromatic N) is 1. The van der Waals surface area contributed by atoms with Crippen molar-refractivity contribution in [3.63, 3.8) is 0 Å². The minimum Gasteiger partial charge on any atom is -0.493 e. The molecule has 0 saturated carbocycles. The second-order valence-corrected chi connectivity index (χ2v) is 5.50. The van der Waals surface area contributed by atoms with E-state index >= 15 is 0 Å². The number of ether oxygens (including phenoxy) is 3. The minimum absolute atomic E-state index is 0.0292. The average Bonchev–Trinajstić information content (AvgIpc) is 2.68. The first-order chi connectivity index (χ1) is 13.4. The Morgan fingerprint density at radius 3 is 2.46 bits per heavy atom. The van der Waals surface area contributed by atoms with Gasteiger partial charge in [-0.1, -0.05) is 12.1 Å². The third-order valence-electron chi connectivity index (χ3n) is 3.68. The summed E-state index contributed by atoms with van der Waals surface area (Å²) in [6.45, 7) is 1.43. The van der Waals surface area contributed by atoms with Crippen LogP contribution in [0.15, 0.2) is 41.5 Å². The Morgan fingerprint density at radius 2 is 1.86 bits per heavy atom. The SMILES string of the molecule is COc1ccc(/C=N\NC(=O)[C@H](C)Oc2ccccc2F)c(C(=O)O)c1OC. The molecule has 1 atom stereocenters. The molecule has 0 aliphatic heterocycles. The molecule has 0 heterocycles. The number of carbonyl (C=O) groups is 2. The lowest BCUT2D eigenvalue weighted by atomic mass is 10.1. The molecule has 0 radical (unpaired) electrons. The van der Waals surface area contributed by atoms with E-state index in [9.17, 15) is 19.1 Å². The fraction of sp³-hybridized carbons (Fsp3) is 0.211. The van der Waals surface area contributed by atoms with E-state index in [1.54, 1.807) is 6.07 Å². The van der Waals surface area contributed by atoms with Gasteiger partial charge in [-0.25, -0.2) is 14.6 Å². The third kappa shape index (κ3) is 4.76. The van der Waals surface area contributed by atoms with E-state index in [0.29, 0.717) is 0 Å². The number of hydrogen-bond acceptors (Lipinski definition) is 6. The zero-order valence-electron chi connectivity index (χ0n) is 15.4. The summed E-state index contributed by atoms with van der Waals surface area (Å²) in [4.78, 5) is 23.6.